The van der Waals surface area contributed by atoms with Crippen LogP contribution in [-0.4, -0.2) is 18.5 Å². The Hall–Kier alpha value is -1.61. The smallest absolute Gasteiger partial charge is 0.172 e. The van der Waals surface area contributed by atoms with Gasteiger partial charge >= 0.3 is 0 Å². The third-order valence-electron chi connectivity index (χ3n) is 3.81. The largest absolute Gasteiger partial charge is 0.460 e. The summed E-state index contributed by atoms with van der Waals surface area (Å²) < 4.78 is 11.3. The van der Waals surface area contributed by atoms with Gasteiger partial charge in [-0.15, -0.1) is 0 Å². The Labute approximate surface area is 112 Å². The van der Waals surface area contributed by atoms with Crippen molar-refractivity contribution >= 4 is 16.8 Å². The van der Waals surface area contributed by atoms with E-state index in [9.17, 15) is 4.79 Å². The zero-order valence-corrected chi connectivity index (χ0v) is 11.3. The van der Waals surface area contributed by atoms with Crippen LogP contribution >= 0.6 is 0 Å². The second-order valence-corrected chi connectivity index (χ2v) is 5.19. The van der Waals surface area contributed by atoms with Gasteiger partial charge in [-0.1, -0.05) is 25.1 Å². The highest BCUT2D eigenvalue weighted by atomic mass is 16.5. The molecule has 0 bridgehead atoms. The number of furan rings is 1. The number of benzene rings is 1. The highest BCUT2D eigenvalue weighted by Crippen LogP contribution is 2.31. The molecule has 2 atom stereocenters. The summed E-state index contributed by atoms with van der Waals surface area (Å²) in [5.74, 6) is 0.943. The highest BCUT2D eigenvalue weighted by Gasteiger charge is 2.32. The fourth-order valence-electron chi connectivity index (χ4n) is 2.82. The molecule has 100 valence electrons. The van der Waals surface area contributed by atoms with Crippen LogP contribution in [0.3, 0.4) is 0 Å². The van der Waals surface area contributed by atoms with Crippen LogP contribution in [0.1, 0.15) is 36.4 Å². The fraction of sp³-hybridized carbons (Fsp3) is 0.438. The number of Topliss-reactive ketones (excluding diaryl/α,β-unsaturated/α-hetero) is 1. The molecule has 0 N–H and O–H groups in total. The predicted octanol–water partition coefficient (Wildman–Crippen LogP) is 3.60. The molecular weight excluding hydrogens is 240 g/mol. The Balaban J connectivity index is 2.05. The monoisotopic (exact) mass is 258 g/mol. The molecule has 0 spiro atoms. The van der Waals surface area contributed by atoms with Gasteiger partial charge in [0, 0.05) is 17.7 Å². The van der Waals surface area contributed by atoms with Crippen LogP contribution in [0, 0.1) is 5.92 Å². The summed E-state index contributed by atoms with van der Waals surface area (Å²) in [4.78, 5) is 12.7. The molecule has 3 heteroatoms. The Kier molecular flexibility index (Phi) is 3.15. The van der Waals surface area contributed by atoms with Crippen LogP contribution in [0.4, 0.5) is 0 Å². The van der Waals surface area contributed by atoms with Gasteiger partial charge in [0.05, 0.1) is 18.3 Å². The molecule has 1 saturated heterocycles. The summed E-state index contributed by atoms with van der Waals surface area (Å²) in [6.45, 7) is 4.56. The SMILES string of the molecule is CCc1oc2ccccc2c1C(=O)C1COC(C)C1. The van der Waals surface area contributed by atoms with Crippen molar-refractivity contribution in [2.75, 3.05) is 6.61 Å². The second-order valence-electron chi connectivity index (χ2n) is 5.19. The maximum Gasteiger partial charge on any atom is 0.172 e. The summed E-state index contributed by atoms with van der Waals surface area (Å²) in [5.41, 5.74) is 1.57. The molecule has 3 nitrogen and oxygen atoms in total. The summed E-state index contributed by atoms with van der Waals surface area (Å²) >= 11 is 0. The van der Waals surface area contributed by atoms with E-state index in [4.69, 9.17) is 9.15 Å². The molecule has 0 radical (unpaired) electrons. The molecule has 1 aromatic heterocycles. The maximum absolute atomic E-state index is 12.7. The second kappa shape index (κ2) is 4.82. The summed E-state index contributed by atoms with van der Waals surface area (Å²) in [5, 5.41) is 0.934. The molecule has 0 aliphatic carbocycles. The van der Waals surface area contributed by atoms with Crippen molar-refractivity contribution < 1.29 is 13.9 Å². The number of hydrogen-bond donors (Lipinski definition) is 0. The van der Waals surface area contributed by atoms with Gasteiger partial charge in [-0.05, 0) is 19.4 Å². The van der Waals surface area contributed by atoms with Gasteiger partial charge < -0.3 is 9.15 Å². The lowest BCUT2D eigenvalue weighted by Gasteiger charge is -2.06. The van der Waals surface area contributed by atoms with Crippen molar-refractivity contribution in [3.63, 3.8) is 0 Å². The van der Waals surface area contributed by atoms with Crippen molar-refractivity contribution in [3.05, 3.63) is 35.6 Å². The minimum atomic E-state index is -0.0266. The van der Waals surface area contributed by atoms with Crippen LogP contribution in [0.5, 0.6) is 0 Å². The molecule has 1 fully saturated rings. The van der Waals surface area contributed by atoms with Crippen LogP contribution in [0.2, 0.25) is 0 Å². The number of carbonyl (C=O) groups is 1. The van der Waals surface area contributed by atoms with E-state index in [1.165, 1.54) is 0 Å². The predicted molar refractivity (Wildman–Crippen MR) is 73.4 cm³/mol. The van der Waals surface area contributed by atoms with Crippen molar-refractivity contribution in [2.45, 2.75) is 32.8 Å². The first-order valence-electron chi connectivity index (χ1n) is 6.87. The summed E-state index contributed by atoms with van der Waals surface area (Å²) in [6, 6.07) is 7.76. The van der Waals surface area contributed by atoms with Gasteiger partial charge in [0.15, 0.2) is 5.78 Å². The van der Waals surface area contributed by atoms with Gasteiger partial charge in [0.1, 0.15) is 11.3 Å². The van der Waals surface area contributed by atoms with Gasteiger partial charge in [-0.2, -0.15) is 0 Å². The van der Waals surface area contributed by atoms with E-state index < -0.39 is 0 Å². The zero-order valence-electron chi connectivity index (χ0n) is 11.3. The minimum Gasteiger partial charge on any atom is -0.460 e. The van der Waals surface area contributed by atoms with E-state index >= 15 is 0 Å². The third-order valence-corrected chi connectivity index (χ3v) is 3.81. The van der Waals surface area contributed by atoms with Crippen molar-refractivity contribution in [1.82, 2.24) is 0 Å². The minimum absolute atomic E-state index is 0.0266. The third kappa shape index (κ3) is 2.08. The number of ether oxygens (including phenoxy) is 1. The first-order valence-corrected chi connectivity index (χ1v) is 6.87. The Morgan fingerprint density at radius 3 is 2.84 bits per heavy atom. The fourth-order valence-corrected chi connectivity index (χ4v) is 2.82. The molecule has 3 rings (SSSR count). The summed E-state index contributed by atoms with van der Waals surface area (Å²) in [7, 11) is 0. The lowest BCUT2D eigenvalue weighted by Crippen LogP contribution is -2.15. The number of carbonyl (C=O) groups excluding carboxylic acids is 1. The highest BCUT2D eigenvalue weighted by molar-refractivity contribution is 6.09. The van der Waals surface area contributed by atoms with Crippen LogP contribution in [-0.2, 0) is 11.2 Å². The zero-order chi connectivity index (χ0) is 13.4. The number of rotatable bonds is 3. The molecule has 2 unspecified atom stereocenters. The number of fused-ring (bicyclic) bond motifs is 1. The topological polar surface area (TPSA) is 39.4 Å². The molecule has 0 saturated carbocycles. The normalized spacial score (nSPS) is 23.1. The molecule has 1 aromatic carbocycles. The van der Waals surface area contributed by atoms with Gasteiger partial charge in [-0.25, -0.2) is 0 Å². The van der Waals surface area contributed by atoms with Crippen molar-refractivity contribution in [3.8, 4) is 0 Å². The van der Waals surface area contributed by atoms with E-state index in [0.29, 0.717) is 6.61 Å². The molecule has 1 aliphatic heterocycles. The number of para-hydroxylation sites is 1. The molecule has 0 amide bonds. The average molecular weight is 258 g/mol. The van der Waals surface area contributed by atoms with Crippen LogP contribution in [0.25, 0.3) is 11.0 Å². The lowest BCUT2D eigenvalue weighted by molar-refractivity contribution is 0.0877. The maximum atomic E-state index is 12.7. The molecule has 2 aromatic rings. The average Bonchev–Trinajstić information content (AvgIpc) is 3.01. The standard InChI is InChI=1S/C16H18O3/c1-3-13-15(12-6-4-5-7-14(12)19-13)16(17)11-8-10(2)18-9-11/h4-7,10-11H,3,8-9H2,1-2H3. The Bertz CT molecular complexity index is 611. The van der Waals surface area contributed by atoms with Gasteiger partial charge in [0.25, 0.3) is 0 Å². The molecule has 1 aliphatic rings. The molecule has 2 heterocycles. The quantitative estimate of drug-likeness (QED) is 0.790. The number of aryl methyl sites for hydroxylation is 1. The van der Waals surface area contributed by atoms with E-state index in [0.717, 1.165) is 35.1 Å². The lowest BCUT2D eigenvalue weighted by atomic mass is 9.93. The van der Waals surface area contributed by atoms with Gasteiger partial charge in [-0.3, -0.25) is 4.79 Å². The van der Waals surface area contributed by atoms with Crippen LogP contribution in [0.15, 0.2) is 28.7 Å². The van der Waals surface area contributed by atoms with Gasteiger partial charge in [0.2, 0.25) is 0 Å². The van der Waals surface area contributed by atoms with E-state index in [1.54, 1.807) is 0 Å². The Morgan fingerprint density at radius 1 is 1.37 bits per heavy atom. The first kappa shape index (κ1) is 12.4. The Morgan fingerprint density at radius 2 is 2.16 bits per heavy atom. The first-order chi connectivity index (χ1) is 9.20. The molecular formula is C16H18O3. The van der Waals surface area contributed by atoms with E-state index in [-0.39, 0.29) is 17.8 Å². The number of hydrogen-bond acceptors (Lipinski definition) is 3. The van der Waals surface area contributed by atoms with Crippen molar-refractivity contribution in [1.29, 1.82) is 0 Å². The molecule has 19 heavy (non-hydrogen) atoms. The summed E-state index contributed by atoms with van der Waals surface area (Å²) in [6.07, 6.45) is 1.72. The van der Waals surface area contributed by atoms with Crippen LogP contribution < -0.4 is 0 Å². The van der Waals surface area contributed by atoms with E-state index in [2.05, 4.69) is 0 Å². The van der Waals surface area contributed by atoms with E-state index in [1.807, 2.05) is 38.1 Å². The number of ketones is 1. The van der Waals surface area contributed by atoms with Crippen molar-refractivity contribution in [2.24, 2.45) is 5.92 Å².